The maximum absolute atomic E-state index is 10.8. The van der Waals surface area contributed by atoms with Crippen molar-refractivity contribution in [3.63, 3.8) is 0 Å². The highest BCUT2D eigenvalue weighted by molar-refractivity contribution is 7.17. The molecule has 0 bridgehead atoms. The molecule has 0 aliphatic carbocycles. The molecule has 1 aromatic heterocycles. The molecular weight excluding hydrogens is 216 g/mol. The van der Waals surface area contributed by atoms with Crippen LogP contribution in [0.15, 0.2) is 17.5 Å². The quantitative estimate of drug-likeness (QED) is 0.561. The van der Waals surface area contributed by atoms with Crippen LogP contribution in [0.3, 0.4) is 0 Å². The predicted octanol–water partition coefficient (Wildman–Crippen LogP) is 3.76. The summed E-state index contributed by atoms with van der Waals surface area (Å²) in [7, 11) is 0. The van der Waals surface area contributed by atoms with Crippen LogP contribution in [0.4, 0.5) is 0 Å². The first-order valence-corrected chi connectivity index (χ1v) is 5.70. The van der Waals surface area contributed by atoms with Crippen LogP contribution in [-0.4, -0.2) is 6.29 Å². The summed E-state index contributed by atoms with van der Waals surface area (Å²) in [5, 5.41) is 2.91. The Hall–Kier alpha value is -0.860. The van der Waals surface area contributed by atoms with Gasteiger partial charge in [0.25, 0.3) is 0 Å². The van der Waals surface area contributed by atoms with E-state index in [-0.39, 0.29) is 0 Å². The van der Waals surface area contributed by atoms with E-state index in [2.05, 4.69) is 0 Å². The van der Waals surface area contributed by atoms with E-state index in [0.717, 1.165) is 33.1 Å². The van der Waals surface area contributed by atoms with Crippen molar-refractivity contribution in [2.75, 3.05) is 0 Å². The number of carbonyl (C=O) groups is 1. The van der Waals surface area contributed by atoms with Gasteiger partial charge in [0, 0.05) is 26.9 Å². The Balaban J connectivity index is 2.88. The summed E-state index contributed by atoms with van der Waals surface area (Å²) in [4.78, 5) is 10.8. The number of halogens is 1. The van der Waals surface area contributed by atoms with Gasteiger partial charge in [0.15, 0.2) is 6.29 Å². The largest absolute Gasteiger partial charge is 0.298 e. The lowest BCUT2D eigenvalue weighted by molar-refractivity contribution is 0.112. The zero-order chi connectivity index (χ0) is 10.1. The van der Waals surface area contributed by atoms with E-state index in [0.29, 0.717) is 5.88 Å². The van der Waals surface area contributed by atoms with E-state index in [1.165, 1.54) is 0 Å². The first-order chi connectivity index (χ1) is 6.77. The lowest BCUT2D eigenvalue weighted by atomic mass is 10.0. The minimum absolute atomic E-state index is 0.459. The zero-order valence-electron chi connectivity index (χ0n) is 7.71. The highest BCUT2D eigenvalue weighted by Crippen LogP contribution is 2.31. The average Bonchev–Trinajstić information content (AvgIpc) is 2.61. The van der Waals surface area contributed by atoms with Gasteiger partial charge in [-0.15, -0.1) is 22.9 Å². The summed E-state index contributed by atoms with van der Waals surface area (Å²) in [6, 6.07) is 4.09. The highest BCUT2D eigenvalue weighted by atomic mass is 35.5. The molecule has 1 aromatic carbocycles. The topological polar surface area (TPSA) is 17.1 Å². The zero-order valence-corrected chi connectivity index (χ0v) is 9.28. The van der Waals surface area contributed by atoms with Crippen molar-refractivity contribution in [3.8, 4) is 0 Å². The molecule has 0 saturated carbocycles. The highest BCUT2D eigenvalue weighted by Gasteiger charge is 2.09. The Morgan fingerprint density at radius 2 is 2.29 bits per heavy atom. The summed E-state index contributed by atoms with van der Waals surface area (Å²) in [5.74, 6) is 0.459. The Morgan fingerprint density at radius 1 is 1.50 bits per heavy atom. The first-order valence-electron chi connectivity index (χ1n) is 4.28. The monoisotopic (exact) mass is 224 g/mol. The molecule has 14 heavy (non-hydrogen) atoms. The number of thiophene rings is 1. The summed E-state index contributed by atoms with van der Waals surface area (Å²) in [5.41, 5.74) is 2.98. The molecule has 2 rings (SSSR count). The van der Waals surface area contributed by atoms with Crippen molar-refractivity contribution >= 4 is 39.3 Å². The molecule has 72 valence electrons. The molecule has 2 aromatic rings. The van der Waals surface area contributed by atoms with E-state index in [4.69, 9.17) is 11.6 Å². The van der Waals surface area contributed by atoms with Crippen molar-refractivity contribution in [2.45, 2.75) is 12.8 Å². The average molecular weight is 225 g/mol. The molecule has 0 N–H and O–H groups in total. The van der Waals surface area contributed by atoms with Gasteiger partial charge in [0.2, 0.25) is 0 Å². The van der Waals surface area contributed by atoms with Crippen molar-refractivity contribution in [2.24, 2.45) is 0 Å². The number of carbonyl (C=O) groups excluding carboxylic acids is 1. The first kappa shape index (κ1) is 9.69. The molecular formula is C11H9ClOS. The summed E-state index contributed by atoms with van der Waals surface area (Å²) in [6.45, 7) is 2.02. The Morgan fingerprint density at radius 3 is 2.93 bits per heavy atom. The number of benzene rings is 1. The fraction of sp³-hybridized carbons (Fsp3) is 0.182. The molecule has 3 heteroatoms. The predicted molar refractivity (Wildman–Crippen MR) is 61.5 cm³/mol. The molecule has 0 unspecified atom stereocenters. The van der Waals surface area contributed by atoms with Gasteiger partial charge in [0.1, 0.15) is 0 Å². The van der Waals surface area contributed by atoms with Crippen molar-refractivity contribution in [1.29, 1.82) is 0 Å². The smallest absolute Gasteiger partial charge is 0.151 e. The molecule has 0 spiro atoms. The second kappa shape index (κ2) is 3.71. The van der Waals surface area contributed by atoms with Gasteiger partial charge in [-0.2, -0.15) is 0 Å². The number of rotatable bonds is 2. The van der Waals surface area contributed by atoms with Crippen molar-refractivity contribution < 1.29 is 4.79 Å². The molecule has 0 aliphatic heterocycles. The third-order valence-corrected chi connectivity index (χ3v) is 3.60. The molecule has 0 fully saturated rings. The van der Waals surface area contributed by atoms with Crippen LogP contribution in [0.2, 0.25) is 0 Å². The Kier molecular flexibility index (Phi) is 2.57. The normalized spacial score (nSPS) is 10.7. The SMILES string of the molecule is Cc1ccc2scc(C=O)c2c1CCl. The third-order valence-electron chi connectivity index (χ3n) is 2.37. The standard InChI is InChI=1S/C11H9ClOS/c1-7-2-3-10-11(9(7)4-12)8(5-13)6-14-10/h2-3,5-6H,4H2,1H3. The molecule has 0 aliphatic rings. The maximum atomic E-state index is 10.8. The molecule has 0 radical (unpaired) electrons. The second-order valence-corrected chi connectivity index (χ2v) is 4.36. The van der Waals surface area contributed by atoms with E-state index in [9.17, 15) is 4.79 Å². The molecule has 0 atom stereocenters. The Labute approximate surface area is 91.3 Å². The molecule has 1 nitrogen and oxygen atoms in total. The van der Waals surface area contributed by atoms with Crippen LogP contribution in [0, 0.1) is 6.92 Å². The number of alkyl halides is 1. The second-order valence-electron chi connectivity index (χ2n) is 3.18. The van der Waals surface area contributed by atoms with E-state index in [1.807, 2.05) is 24.4 Å². The number of aldehydes is 1. The van der Waals surface area contributed by atoms with Gasteiger partial charge in [-0.1, -0.05) is 6.07 Å². The van der Waals surface area contributed by atoms with Gasteiger partial charge in [-0.05, 0) is 24.1 Å². The minimum atomic E-state index is 0.459. The van der Waals surface area contributed by atoms with E-state index >= 15 is 0 Å². The number of hydrogen-bond acceptors (Lipinski definition) is 2. The van der Waals surface area contributed by atoms with Crippen LogP contribution in [-0.2, 0) is 5.88 Å². The van der Waals surface area contributed by atoms with Gasteiger partial charge < -0.3 is 0 Å². The van der Waals surface area contributed by atoms with Crippen LogP contribution in [0.25, 0.3) is 10.1 Å². The fourth-order valence-electron chi connectivity index (χ4n) is 1.59. The van der Waals surface area contributed by atoms with Crippen LogP contribution in [0.1, 0.15) is 21.5 Å². The van der Waals surface area contributed by atoms with Crippen molar-refractivity contribution in [1.82, 2.24) is 0 Å². The van der Waals surface area contributed by atoms with Crippen molar-refractivity contribution in [3.05, 3.63) is 34.2 Å². The van der Waals surface area contributed by atoms with Crippen LogP contribution < -0.4 is 0 Å². The number of fused-ring (bicyclic) bond motifs is 1. The third kappa shape index (κ3) is 1.35. The Bertz CT molecular complexity index is 487. The van der Waals surface area contributed by atoms with Crippen LogP contribution >= 0.6 is 22.9 Å². The summed E-state index contributed by atoms with van der Waals surface area (Å²) < 4.78 is 1.13. The molecule has 0 amide bonds. The van der Waals surface area contributed by atoms with Gasteiger partial charge in [-0.25, -0.2) is 0 Å². The maximum Gasteiger partial charge on any atom is 0.151 e. The lowest BCUT2D eigenvalue weighted by Gasteiger charge is -2.04. The molecule has 0 saturated heterocycles. The minimum Gasteiger partial charge on any atom is -0.298 e. The van der Waals surface area contributed by atoms with Crippen LogP contribution in [0.5, 0.6) is 0 Å². The lowest BCUT2D eigenvalue weighted by Crippen LogP contribution is -1.87. The van der Waals surface area contributed by atoms with Gasteiger partial charge >= 0.3 is 0 Å². The van der Waals surface area contributed by atoms with Gasteiger partial charge in [-0.3, -0.25) is 4.79 Å². The fourth-order valence-corrected chi connectivity index (χ4v) is 2.87. The number of hydrogen-bond donors (Lipinski definition) is 0. The van der Waals surface area contributed by atoms with E-state index in [1.54, 1.807) is 11.3 Å². The van der Waals surface area contributed by atoms with Gasteiger partial charge in [0.05, 0.1) is 0 Å². The molecule has 1 heterocycles. The summed E-state index contributed by atoms with van der Waals surface area (Å²) in [6.07, 6.45) is 0.897. The number of aryl methyl sites for hydroxylation is 1. The van der Waals surface area contributed by atoms with E-state index < -0.39 is 0 Å². The summed E-state index contributed by atoms with van der Waals surface area (Å²) >= 11 is 7.47.